The zero-order valence-corrected chi connectivity index (χ0v) is 12.4. The van der Waals surface area contributed by atoms with E-state index in [1.165, 1.54) is 19.3 Å². The van der Waals surface area contributed by atoms with Gasteiger partial charge >= 0.3 is 0 Å². The summed E-state index contributed by atoms with van der Waals surface area (Å²) in [5.74, 6) is 0. The van der Waals surface area contributed by atoms with Gasteiger partial charge in [0.1, 0.15) is 0 Å². The standard InChI is InChI=1S/C15H29NO3/c1-12-5-3-6-13(2)16(12)9-14(17)10-18-11-15-7-4-8-19-15/h12-15,17H,3-11H2,1-2H3. The molecule has 0 bridgehead atoms. The molecule has 4 heteroatoms. The number of nitrogens with zero attached hydrogens (tertiary/aromatic N) is 1. The van der Waals surface area contributed by atoms with Crippen LogP contribution < -0.4 is 0 Å². The Hall–Kier alpha value is -0.160. The zero-order chi connectivity index (χ0) is 13.7. The molecule has 0 aromatic carbocycles. The van der Waals surface area contributed by atoms with Crippen LogP contribution >= 0.6 is 0 Å². The van der Waals surface area contributed by atoms with Crippen molar-refractivity contribution < 1.29 is 14.6 Å². The largest absolute Gasteiger partial charge is 0.389 e. The first-order chi connectivity index (χ1) is 9.16. The van der Waals surface area contributed by atoms with Gasteiger partial charge in [-0.3, -0.25) is 4.90 Å². The summed E-state index contributed by atoms with van der Waals surface area (Å²) in [5.41, 5.74) is 0. The molecule has 2 heterocycles. The van der Waals surface area contributed by atoms with Gasteiger partial charge in [0, 0.05) is 25.2 Å². The third-order valence-electron chi connectivity index (χ3n) is 4.44. The number of aliphatic hydroxyl groups excluding tert-OH is 1. The minimum atomic E-state index is -0.385. The average molecular weight is 271 g/mol. The zero-order valence-electron chi connectivity index (χ0n) is 12.4. The maximum atomic E-state index is 10.1. The molecule has 0 spiro atoms. The Kier molecular flexibility index (Phi) is 6.07. The maximum Gasteiger partial charge on any atom is 0.0900 e. The topological polar surface area (TPSA) is 41.9 Å². The van der Waals surface area contributed by atoms with Crippen LogP contribution in [-0.2, 0) is 9.47 Å². The molecule has 2 aliphatic rings. The fourth-order valence-electron chi connectivity index (χ4n) is 3.24. The van der Waals surface area contributed by atoms with Crippen LogP contribution in [0.2, 0.25) is 0 Å². The van der Waals surface area contributed by atoms with Crippen molar-refractivity contribution in [1.82, 2.24) is 4.90 Å². The molecule has 112 valence electrons. The second-order valence-electron chi connectivity index (χ2n) is 6.15. The molecular formula is C15H29NO3. The summed E-state index contributed by atoms with van der Waals surface area (Å²) in [7, 11) is 0. The molecule has 4 nitrogen and oxygen atoms in total. The first-order valence-electron chi connectivity index (χ1n) is 7.80. The van der Waals surface area contributed by atoms with Crippen molar-refractivity contribution in [3.05, 3.63) is 0 Å². The van der Waals surface area contributed by atoms with Gasteiger partial charge < -0.3 is 14.6 Å². The van der Waals surface area contributed by atoms with Crippen molar-refractivity contribution in [1.29, 1.82) is 0 Å². The van der Waals surface area contributed by atoms with Crippen LogP contribution in [-0.4, -0.2) is 60.7 Å². The van der Waals surface area contributed by atoms with Crippen molar-refractivity contribution >= 4 is 0 Å². The SMILES string of the molecule is CC1CCCC(C)N1CC(O)COCC1CCCO1. The predicted octanol–water partition coefficient (Wildman–Crippen LogP) is 1.81. The molecule has 0 radical (unpaired) electrons. The number of hydrogen-bond acceptors (Lipinski definition) is 4. The number of β-amino-alcohol motifs (C(OH)–C–C–N with tert-alkyl or cyclic N) is 1. The summed E-state index contributed by atoms with van der Waals surface area (Å²) < 4.78 is 11.1. The van der Waals surface area contributed by atoms with Gasteiger partial charge in [0.15, 0.2) is 0 Å². The highest BCUT2D eigenvalue weighted by molar-refractivity contribution is 4.81. The van der Waals surface area contributed by atoms with Gasteiger partial charge in [0.05, 0.1) is 25.4 Å². The molecule has 4 atom stereocenters. The molecule has 19 heavy (non-hydrogen) atoms. The predicted molar refractivity (Wildman–Crippen MR) is 75.3 cm³/mol. The highest BCUT2D eigenvalue weighted by Gasteiger charge is 2.26. The van der Waals surface area contributed by atoms with Crippen LogP contribution in [0.4, 0.5) is 0 Å². The Morgan fingerprint density at radius 3 is 2.58 bits per heavy atom. The lowest BCUT2D eigenvalue weighted by Crippen LogP contribution is -2.48. The molecule has 1 N–H and O–H groups in total. The van der Waals surface area contributed by atoms with Gasteiger partial charge in [-0.15, -0.1) is 0 Å². The third kappa shape index (κ3) is 4.71. The highest BCUT2D eigenvalue weighted by Crippen LogP contribution is 2.22. The first-order valence-corrected chi connectivity index (χ1v) is 7.80. The van der Waals surface area contributed by atoms with E-state index in [0.717, 1.165) is 26.0 Å². The maximum absolute atomic E-state index is 10.1. The van der Waals surface area contributed by atoms with E-state index in [1.54, 1.807) is 0 Å². The number of ether oxygens (including phenoxy) is 2. The number of hydrogen-bond donors (Lipinski definition) is 1. The van der Waals surface area contributed by atoms with Gasteiger partial charge in [-0.25, -0.2) is 0 Å². The number of likely N-dealkylation sites (tertiary alicyclic amines) is 1. The summed E-state index contributed by atoms with van der Waals surface area (Å²) >= 11 is 0. The van der Waals surface area contributed by atoms with Gasteiger partial charge in [-0.2, -0.15) is 0 Å². The van der Waals surface area contributed by atoms with E-state index in [1.807, 2.05) is 0 Å². The molecule has 2 rings (SSSR count). The van der Waals surface area contributed by atoms with Crippen molar-refractivity contribution in [3.8, 4) is 0 Å². The molecule has 2 fully saturated rings. The van der Waals surface area contributed by atoms with E-state index in [9.17, 15) is 5.11 Å². The summed E-state index contributed by atoms with van der Waals surface area (Å²) in [6, 6.07) is 1.16. The van der Waals surface area contributed by atoms with Crippen molar-refractivity contribution in [2.24, 2.45) is 0 Å². The number of aliphatic hydroxyl groups is 1. The van der Waals surface area contributed by atoms with Gasteiger partial charge in [0.25, 0.3) is 0 Å². The van der Waals surface area contributed by atoms with E-state index >= 15 is 0 Å². The van der Waals surface area contributed by atoms with Gasteiger partial charge in [-0.1, -0.05) is 6.42 Å². The monoisotopic (exact) mass is 271 g/mol. The normalized spacial score (nSPS) is 34.6. The molecule has 2 aliphatic heterocycles. The Morgan fingerprint density at radius 1 is 1.21 bits per heavy atom. The van der Waals surface area contributed by atoms with Gasteiger partial charge in [0.2, 0.25) is 0 Å². The first kappa shape index (κ1) is 15.2. The second kappa shape index (κ2) is 7.58. The van der Waals surface area contributed by atoms with E-state index < -0.39 is 0 Å². The fraction of sp³-hybridized carbons (Fsp3) is 1.00. The van der Waals surface area contributed by atoms with Crippen LogP contribution in [0.3, 0.4) is 0 Å². The van der Waals surface area contributed by atoms with Crippen LogP contribution in [0.15, 0.2) is 0 Å². The lowest BCUT2D eigenvalue weighted by molar-refractivity contribution is -0.0363. The van der Waals surface area contributed by atoms with Crippen LogP contribution in [0.5, 0.6) is 0 Å². The Balaban J connectivity index is 1.63. The lowest BCUT2D eigenvalue weighted by atomic mass is 9.97. The van der Waals surface area contributed by atoms with E-state index in [4.69, 9.17) is 9.47 Å². The molecule has 0 amide bonds. The van der Waals surface area contributed by atoms with Crippen molar-refractivity contribution in [2.75, 3.05) is 26.4 Å². The molecule has 0 saturated carbocycles. The lowest BCUT2D eigenvalue weighted by Gasteiger charge is -2.40. The van der Waals surface area contributed by atoms with E-state index in [0.29, 0.717) is 25.3 Å². The molecule has 0 aliphatic carbocycles. The number of rotatable bonds is 6. The Labute approximate surface area is 117 Å². The Morgan fingerprint density at radius 2 is 1.95 bits per heavy atom. The van der Waals surface area contributed by atoms with Crippen LogP contribution in [0.25, 0.3) is 0 Å². The summed E-state index contributed by atoms with van der Waals surface area (Å²) in [4.78, 5) is 2.42. The summed E-state index contributed by atoms with van der Waals surface area (Å²) in [6.07, 6.45) is 5.89. The smallest absolute Gasteiger partial charge is 0.0900 e. The molecule has 0 aromatic rings. The fourth-order valence-corrected chi connectivity index (χ4v) is 3.24. The highest BCUT2D eigenvalue weighted by atomic mass is 16.5. The molecular weight excluding hydrogens is 242 g/mol. The third-order valence-corrected chi connectivity index (χ3v) is 4.44. The van der Waals surface area contributed by atoms with Crippen LogP contribution in [0.1, 0.15) is 46.0 Å². The van der Waals surface area contributed by atoms with Crippen LogP contribution in [0, 0.1) is 0 Å². The van der Waals surface area contributed by atoms with Crippen molar-refractivity contribution in [2.45, 2.75) is 70.2 Å². The summed E-state index contributed by atoms with van der Waals surface area (Å²) in [5, 5.41) is 10.1. The molecule has 0 aromatic heterocycles. The molecule has 4 unspecified atom stereocenters. The van der Waals surface area contributed by atoms with E-state index in [-0.39, 0.29) is 12.2 Å². The van der Waals surface area contributed by atoms with Crippen molar-refractivity contribution in [3.63, 3.8) is 0 Å². The average Bonchev–Trinajstić information content (AvgIpc) is 2.87. The molecule has 2 saturated heterocycles. The quantitative estimate of drug-likeness (QED) is 0.800. The Bertz CT molecular complexity index is 246. The minimum absolute atomic E-state index is 0.250. The van der Waals surface area contributed by atoms with E-state index in [2.05, 4.69) is 18.7 Å². The second-order valence-corrected chi connectivity index (χ2v) is 6.15. The number of piperidine rings is 1. The minimum Gasteiger partial charge on any atom is -0.389 e. The summed E-state index contributed by atoms with van der Waals surface area (Å²) in [6.45, 7) is 7.16. The van der Waals surface area contributed by atoms with Gasteiger partial charge in [-0.05, 0) is 39.5 Å².